The molecule has 17 heavy (non-hydrogen) atoms. The molecule has 5 unspecified atom stereocenters. The van der Waals surface area contributed by atoms with Crippen LogP contribution < -0.4 is 5.32 Å². The predicted octanol–water partition coefficient (Wildman–Crippen LogP) is -0.392. The summed E-state index contributed by atoms with van der Waals surface area (Å²) >= 11 is 0. The van der Waals surface area contributed by atoms with Crippen molar-refractivity contribution in [3.05, 3.63) is 0 Å². The lowest BCUT2D eigenvalue weighted by atomic mass is 9.88. The van der Waals surface area contributed by atoms with E-state index in [1.165, 1.54) is 0 Å². The Morgan fingerprint density at radius 1 is 1.29 bits per heavy atom. The monoisotopic (exact) mass is 245 g/mol. The lowest BCUT2D eigenvalue weighted by molar-refractivity contribution is -0.144. The summed E-state index contributed by atoms with van der Waals surface area (Å²) in [6, 6.07) is -1.25. The molecule has 3 N–H and O–H groups in total. The summed E-state index contributed by atoms with van der Waals surface area (Å²) < 4.78 is 5.51. The van der Waals surface area contributed by atoms with E-state index < -0.39 is 18.6 Å². The largest absolute Gasteiger partial charge is 0.480 e. The van der Waals surface area contributed by atoms with Gasteiger partial charge in [-0.15, -0.1) is 0 Å². The van der Waals surface area contributed by atoms with E-state index in [1.807, 2.05) is 13.8 Å². The number of aliphatic hydroxyl groups is 1. The van der Waals surface area contributed by atoms with Gasteiger partial charge in [0.05, 0.1) is 24.7 Å². The highest BCUT2D eigenvalue weighted by Gasteiger charge is 2.42. The van der Waals surface area contributed by atoms with Crippen LogP contribution in [-0.2, 0) is 14.3 Å². The number of carboxylic acid groups (broad SMARTS) is 1. The summed E-state index contributed by atoms with van der Waals surface area (Å²) in [5, 5.41) is 19.9. The van der Waals surface area contributed by atoms with Gasteiger partial charge in [-0.2, -0.15) is 0 Å². The third kappa shape index (κ3) is 2.95. The number of amides is 1. The summed E-state index contributed by atoms with van der Waals surface area (Å²) in [4.78, 5) is 22.6. The topological polar surface area (TPSA) is 95.9 Å². The molecule has 6 heteroatoms. The zero-order chi connectivity index (χ0) is 13.2. The van der Waals surface area contributed by atoms with Gasteiger partial charge < -0.3 is 20.3 Å². The first kappa shape index (κ1) is 13.9. The highest BCUT2D eigenvalue weighted by atomic mass is 16.5. The quantitative estimate of drug-likeness (QED) is 0.626. The molecule has 1 heterocycles. The molecule has 0 aromatic rings. The van der Waals surface area contributed by atoms with Crippen molar-refractivity contribution in [1.29, 1.82) is 0 Å². The fraction of sp³-hybridized carbons (Fsp3) is 0.818. The Morgan fingerprint density at radius 2 is 1.88 bits per heavy atom. The highest BCUT2D eigenvalue weighted by molar-refractivity contribution is 5.85. The zero-order valence-corrected chi connectivity index (χ0v) is 10.2. The molecular weight excluding hydrogens is 226 g/mol. The van der Waals surface area contributed by atoms with Gasteiger partial charge in [0.15, 0.2) is 0 Å². The van der Waals surface area contributed by atoms with Crippen LogP contribution in [0, 0.1) is 11.8 Å². The third-order valence-electron chi connectivity index (χ3n) is 3.34. The fourth-order valence-corrected chi connectivity index (χ4v) is 2.17. The second kappa shape index (κ2) is 5.46. The molecule has 0 aromatic carbocycles. The number of hydrogen-bond acceptors (Lipinski definition) is 4. The number of carbonyl (C=O) groups excluding carboxylic acids is 1. The molecule has 0 saturated carbocycles. The molecule has 5 atom stereocenters. The van der Waals surface area contributed by atoms with Crippen LogP contribution in [0.5, 0.6) is 0 Å². The van der Waals surface area contributed by atoms with Gasteiger partial charge in [-0.1, -0.05) is 6.92 Å². The van der Waals surface area contributed by atoms with Gasteiger partial charge in [-0.25, -0.2) is 4.79 Å². The normalized spacial score (nSPS) is 34.4. The number of hydrogen-bond donors (Lipinski definition) is 3. The molecule has 1 amide bonds. The van der Waals surface area contributed by atoms with E-state index in [1.54, 1.807) is 6.92 Å². The van der Waals surface area contributed by atoms with Crippen LogP contribution in [0.1, 0.15) is 20.8 Å². The van der Waals surface area contributed by atoms with Gasteiger partial charge in [-0.3, -0.25) is 4.79 Å². The lowest BCUT2D eigenvalue weighted by Gasteiger charge is -2.20. The minimum absolute atomic E-state index is 0.0261. The van der Waals surface area contributed by atoms with Crippen molar-refractivity contribution in [3.63, 3.8) is 0 Å². The number of ether oxygens (including phenoxy) is 1. The maximum Gasteiger partial charge on any atom is 0.328 e. The molecule has 1 rings (SSSR count). The van der Waals surface area contributed by atoms with Crippen LogP contribution in [-0.4, -0.2) is 46.9 Å². The molecule has 98 valence electrons. The Bertz CT molecular complexity index is 306. The first-order valence-electron chi connectivity index (χ1n) is 5.68. The van der Waals surface area contributed by atoms with Crippen molar-refractivity contribution >= 4 is 11.9 Å². The minimum atomic E-state index is -1.25. The second-order valence-electron chi connectivity index (χ2n) is 4.51. The lowest BCUT2D eigenvalue weighted by Crippen LogP contribution is -2.48. The molecule has 0 aromatic heterocycles. The smallest absolute Gasteiger partial charge is 0.328 e. The van der Waals surface area contributed by atoms with Crippen LogP contribution in [0.4, 0.5) is 0 Å². The van der Waals surface area contributed by atoms with Crippen molar-refractivity contribution < 1.29 is 24.5 Å². The van der Waals surface area contributed by atoms with E-state index >= 15 is 0 Å². The number of nitrogens with one attached hydrogen (secondary N) is 1. The molecule has 6 nitrogen and oxygen atoms in total. The summed E-state index contributed by atoms with van der Waals surface area (Å²) in [5.74, 6) is -1.97. The standard InChI is InChI=1S/C11H19NO5/c1-5-6(2)17-7(3)9(5)10(14)12-8(4-13)11(15)16/h5-9,13H,4H2,1-3H3,(H,12,14)(H,15,16). The highest BCUT2D eigenvalue weighted by Crippen LogP contribution is 2.32. The molecule has 1 saturated heterocycles. The predicted molar refractivity (Wildman–Crippen MR) is 59.3 cm³/mol. The molecule has 0 bridgehead atoms. The summed E-state index contributed by atoms with van der Waals surface area (Å²) in [5.41, 5.74) is 0. The fourth-order valence-electron chi connectivity index (χ4n) is 2.17. The second-order valence-corrected chi connectivity index (χ2v) is 4.51. The van der Waals surface area contributed by atoms with Gasteiger partial charge in [-0.05, 0) is 19.8 Å². The van der Waals surface area contributed by atoms with Crippen LogP contribution in [0.25, 0.3) is 0 Å². The molecule has 0 aliphatic carbocycles. The molecule has 1 aliphatic heterocycles. The van der Waals surface area contributed by atoms with Crippen LogP contribution in [0.15, 0.2) is 0 Å². The zero-order valence-electron chi connectivity index (χ0n) is 10.2. The molecule has 1 aliphatic rings. The third-order valence-corrected chi connectivity index (χ3v) is 3.34. The van der Waals surface area contributed by atoms with Crippen LogP contribution in [0.3, 0.4) is 0 Å². The van der Waals surface area contributed by atoms with E-state index in [-0.39, 0.29) is 30.0 Å². The Morgan fingerprint density at radius 3 is 2.24 bits per heavy atom. The average Bonchev–Trinajstić information content (AvgIpc) is 2.49. The average molecular weight is 245 g/mol. The van der Waals surface area contributed by atoms with Crippen molar-refractivity contribution in [2.45, 2.75) is 39.0 Å². The molecule has 0 radical (unpaired) electrons. The summed E-state index contributed by atoms with van der Waals surface area (Å²) in [6.45, 7) is 4.95. The Labute approximate surface area is 100.0 Å². The Hall–Kier alpha value is -1.14. The van der Waals surface area contributed by atoms with E-state index in [2.05, 4.69) is 5.32 Å². The van der Waals surface area contributed by atoms with Gasteiger partial charge in [0, 0.05) is 0 Å². The number of aliphatic carboxylic acids is 1. The van der Waals surface area contributed by atoms with Gasteiger partial charge >= 0.3 is 5.97 Å². The van der Waals surface area contributed by atoms with E-state index in [0.29, 0.717) is 0 Å². The number of rotatable bonds is 4. The van der Waals surface area contributed by atoms with E-state index in [9.17, 15) is 9.59 Å². The van der Waals surface area contributed by atoms with Gasteiger partial charge in [0.2, 0.25) is 5.91 Å². The SMILES string of the molecule is CC1OC(C)C(C(=O)NC(CO)C(=O)O)C1C. The Kier molecular flexibility index (Phi) is 4.47. The van der Waals surface area contributed by atoms with E-state index in [4.69, 9.17) is 14.9 Å². The number of carboxylic acids is 1. The number of carbonyl (C=O) groups is 2. The first-order valence-corrected chi connectivity index (χ1v) is 5.68. The molecule has 1 fully saturated rings. The van der Waals surface area contributed by atoms with Crippen LogP contribution in [0.2, 0.25) is 0 Å². The summed E-state index contributed by atoms with van der Waals surface area (Å²) in [6.07, 6.45) is -0.272. The van der Waals surface area contributed by atoms with Crippen molar-refractivity contribution in [2.75, 3.05) is 6.61 Å². The summed E-state index contributed by atoms with van der Waals surface area (Å²) in [7, 11) is 0. The van der Waals surface area contributed by atoms with Crippen molar-refractivity contribution in [1.82, 2.24) is 5.32 Å². The molecular formula is C11H19NO5. The minimum Gasteiger partial charge on any atom is -0.480 e. The molecule has 0 spiro atoms. The van der Waals surface area contributed by atoms with Crippen molar-refractivity contribution in [2.24, 2.45) is 11.8 Å². The number of aliphatic hydroxyl groups excluding tert-OH is 1. The maximum atomic E-state index is 11.9. The van der Waals surface area contributed by atoms with Gasteiger partial charge in [0.1, 0.15) is 6.04 Å². The van der Waals surface area contributed by atoms with E-state index in [0.717, 1.165) is 0 Å². The Balaban J connectivity index is 2.67. The maximum absolute atomic E-state index is 11.9. The van der Waals surface area contributed by atoms with Crippen LogP contribution >= 0.6 is 0 Å². The first-order chi connectivity index (χ1) is 7.88. The van der Waals surface area contributed by atoms with Gasteiger partial charge in [0.25, 0.3) is 0 Å². The van der Waals surface area contributed by atoms with Crippen molar-refractivity contribution in [3.8, 4) is 0 Å².